The molecule has 0 N–H and O–H groups in total. The summed E-state index contributed by atoms with van der Waals surface area (Å²) in [7, 11) is 3.69. The highest BCUT2D eigenvalue weighted by atomic mass is 19.1. The molecule has 1 aromatic heterocycles. The molecule has 1 aliphatic heterocycles. The number of carbonyl (C=O) groups excluding carboxylic acids is 1. The van der Waals surface area contributed by atoms with Crippen LogP contribution in [-0.2, 0) is 4.79 Å². The third-order valence-corrected chi connectivity index (χ3v) is 5.44. The molecule has 32 heavy (non-hydrogen) atoms. The first-order chi connectivity index (χ1) is 15.4. The second-order valence-electron chi connectivity index (χ2n) is 7.83. The molecule has 4 rings (SSSR count). The number of hydrogen-bond donors (Lipinski definition) is 0. The van der Waals surface area contributed by atoms with Crippen molar-refractivity contribution < 1.29 is 18.3 Å². The molecular formula is C24H24F2N4O2. The highest BCUT2D eigenvalue weighted by Crippen LogP contribution is 2.37. The van der Waals surface area contributed by atoms with Gasteiger partial charge in [-0.2, -0.15) is 0 Å². The Balaban J connectivity index is 1.63. The molecule has 0 radical (unpaired) electrons. The number of ether oxygens (including phenoxy) is 1. The van der Waals surface area contributed by atoms with E-state index < -0.39 is 5.82 Å². The summed E-state index contributed by atoms with van der Waals surface area (Å²) in [5.41, 5.74) is 2.22. The number of aromatic nitrogens is 2. The predicted octanol–water partition coefficient (Wildman–Crippen LogP) is 4.23. The van der Waals surface area contributed by atoms with Crippen molar-refractivity contribution in [2.45, 2.75) is 18.9 Å². The molecule has 6 nitrogen and oxygen atoms in total. The summed E-state index contributed by atoms with van der Waals surface area (Å²) in [6.45, 7) is 0.281. The standard InChI is InChI=1S/C24H24F2N4O2/c1-29(2)24-27-14-18(16-9-11-17(25)12-10-16)23(28-24)20-7-5-13-30(20)22(31)15-32-21-8-4-3-6-19(21)26/h3-4,6,8-12,14,20H,5,7,13,15H2,1-2H3. The molecule has 0 bridgehead atoms. The zero-order valence-electron chi connectivity index (χ0n) is 18.0. The highest BCUT2D eigenvalue weighted by Gasteiger charge is 2.33. The van der Waals surface area contributed by atoms with E-state index in [-0.39, 0.29) is 30.1 Å². The summed E-state index contributed by atoms with van der Waals surface area (Å²) in [5.74, 6) is -0.522. The highest BCUT2D eigenvalue weighted by molar-refractivity contribution is 5.79. The van der Waals surface area contributed by atoms with Crippen LogP contribution < -0.4 is 9.64 Å². The minimum absolute atomic E-state index is 0.0422. The number of amides is 1. The Hall–Kier alpha value is -3.55. The van der Waals surface area contributed by atoms with Crippen molar-refractivity contribution in [3.8, 4) is 16.9 Å². The number of halogens is 2. The maximum absolute atomic E-state index is 13.8. The third kappa shape index (κ3) is 4.54. The lowest BCUT2D eigenvalue weighted by Crippen LogP contribution is -2.35. The van der Waals surface area contributed by atoms with Crippen LogP contribution in [0.2, 0.25) is 0 Å². The fraction of sp³-hybridized carbons (Fsp3) is 0.292. The lowest BCUT2D eigenvalue weighted by Gasteiger charge is -2.27. The summed E-state index contributed by atoms with van der Waals surface area (Å²) in [6.07, 6.45) is 3.24. The minimum Gasteiger partial charge on any atom is -0.481 e. The van der Waals surface area contributed by atoms with Crippen molar-refractivity contribution in [2.24, 2.45) is 0 Å². The number of benzene rings is 2. The van der Waals surface area contributed by atoms with E-state index in [1.165, 1.54) is 24.3 Å². The monoisotopic (exact) mass is 438 g/mol. The summed E-state index contributed by atoms with van der Waals surface area (Å²) >= 11 is 0. The van der Waals surface area contributed by atoms with Gasteiger partial charge >= 0.3 is 0 Å². The van der Waals surface area contributed by atoms with Gasteiger partial charge in [-0.15, -0.1) is 0 Å². The molecule has 2 aromatic carbocycles. The van der Waals surface area contributed by atoms with Crippen LogP contribution in [0.25, 0.3) is 11.1 Å². The molecule has 1 unspecified atom stereocenters. The molecule has 2 heterocycles. The van der Waals surface area contributed by atoms with Gasteiger partial charge in [-0.3, -0.25) is 4.79 Å². The van der Waals surface area contributed by atoms with Crippen LogP contribution in [0, 0.1) is 11.6 Å². The number of likely N-dealkylation sites (tertiary alicyclic amines) is 1. The SMILES string of the molecule is CN(C)c1ncc(-c2ccc(F)cc2)c(C2CCCN2C(=O)COc2ccccc2F)n1. The lowest BCUT2D eigenvalue weighted by molar-refractivity contribution is -0.134. The average molecular weight is 438 g/mol. The van der Waals surface area contributed by atoms with Gasteiger partial charge in [0.05, 0.1) is 11.7 Å². The van der Waals surface area contributed by atoms with Crippen LogP contribution in [0.3, 0.4) is 0 Å². The van der Waals surface area contributed by atoms with Crippen LogP contribution >= 0.6 is 0 Å². The molecule has 0 spiro atoms. The van der Waals surface area contributed by atoms with Gasteiger partial charge < -0.3 is 14.5 Å². The molecule has 3 aromatic rings. The zero-order valence-corrected chi connectivity index (χ0v) is 18.0. The molecule has 0 saturated carbocycles. The van der Waals surface area contributed by atoms with E-state index in [0.29, 0.717) is 18.2 Å². The van der Waals surface area contributed by atoms with Gasteiger partial charge in [0.15, 0.2) is 18.2 Å². The van der Waals surface area contributed by atoms with E-state index in [0.717, 1.165) is 24.0 Å². The first-order valence-electron chi connectivity index (χ1n) is 10.4. The molecule has 1 amide bonds. The predicted molar refractivity (Wildman–Crippen MR) is 117 cm³/mol. The Kier molecular flexibility index (Phi) is 6.30. The fourth-order valence-corrected chi connectivity index (χ4v) is 3.84. The molecule has 1 atom stereocenters. The topological polar surface area (TPSA) is 58.6 Å². The van der Waals surface area contributed by atoms with Crippen molar-refractivity contribution in [1.82, 2.24) is 14.9 Å². The normalized spacial score (nSPS) is 15.6. The summed E-state index contributed by atoms with van der Waals surface area (Å²) in [5, 5.41) is 0. The van der Waals surface area contributed by atoms with E-state index in [9.17, 15) is 13.6 Å². The number of hydrogen-bond acceptors (Lipinski definition) is 5. The van der Waals surface area contributed by atoms with Crippen LogP contribution in [0.1, 0.15) is 24.6 Å². The van der Waals surface area contributed by atoms with E-state index >= 15 is 0 Å². The van der Waals surface area contributed by atoms with Crippen molar-refractivity contribution in [3.63, 3.8) is 0 Å². The average Bonchev–Trinajstić information content (AvgIpc) is 3.28. The Morgan fingerprint density at radius 2 is 1.91 bits per heavy atom. The Morgan fingerprint density at radius 3 is 2.62 bits per heavy atom. The Morgan fingerprint density at radius 1 is 1.16 bits per heavy atom. The van der Waals surface area contributed by atoms with E-state index in [1.807, 2.05) is 14.1 Å². The fourth-order valence-electron chi connectivity index (χ4n) is 3.84. The van der Waals surface area contributed by atoms with E-state index in [4.69, 9.17) is 9.72 Å². The first kappa shape index (κ1) is 21.7. The molecule has 166 valence electrons. The van der Waals surface area contributed by atoms with Crippen LogP contribution in [-0.4, -0.2) is 48.0 Å². The number of carbonyl (C=O) groups is 1. The summed E-state index contributed by atoms with van der Waals surface area (Å²) < 4.78 is 32.7. The number of anilines is 1. The molecule has 1 fully saturated rings. The largest absolute Gasteiger partial charge is 0.481 e. The maximum Gasteiger partial charge on any atom is 0.261 e. The van der Waals surface area contributed by atoms with E-state index in [1.54, 1.807) is 40.3 Å². The van der Waals surface area contributed by atoms with Gasteiger partial charge in [0.1, 0.15) is 5.82 Å². The quantitative estimate of drug-likeness (QED) is 0.577. The minimum atomic E-state index is -0.511. The second-order valence-corrected chi connectivity index (χ2v) is 7.83. The maximum atomic E-state index is 13.8. The number of rotatable bonds is 6. The van der Waals surface area contributed by atoms with Crippen molar-refractivity contribution >= 4 is 11.9 Å². The molecular weight excluding hydrogens is 414 g/mol. The molecule has 1 saturated heterocycles. The van der Waals surface area contributed by atoms with Crippen LogP contribution in [0.5, 0.6) is 5.75 Å². The number of nitrogens with zero attached hydrogens (tertiary/aromatic N) is 4. The van der Waals surface area contributed by atoms with Gasteiger partial charge in [0, 0.05) is 32.4 Å². The van der Waals surface area contributed by atoms with Crippen molar-refractivity contribution in [2.75, 3.05) is 32.1 Å². The smallest absolute Gasteiger partial charge is 0.261 e. The van der Waals surface area contributed by atoms with Gasteiger partial charge in [-0.1, -0.05) is 24.3 Å². The van der Waals surface area contributed by atoms with Crippen LogP contribution in [0.15, 0.2) is 54.7 Å². The third-order valence-electron chi connectivity index (χ3n) is 5.44. The van der Waals surface area contributed by atoms with E-state index in [2.05, 4.69) is 4.98 Å². The second kappa shape index (κ2) is 9.30. The molecule has 1 aliphatic rings. The van der Waals surface area contributed by atoms with Gasteiger partial charge in [0.2, 0.25) is 5.95 Å². The summed E-state index contributed by atoms with van der Waals surface area (Å²) in [4.78, 5) is 25.7. The molecule has 8 heteroatoms. The lowest BCUT2D eigenvalue weighted by atomic mass is 10.00. The van der Waals surface area contributed by atoms with Crippen molar-refractivity contribution in [1.29, 1.82) is 0 Å². The Bertz CT molecular complexity index is 1110. The zero-order chi connectivity index (χ0) is 22.7. The van der Waals surface area contributed by atoms with Gasteiger partial charge in [0.25, 0.3) is 5.91 Å². The van der Waals surface area contributed by atoms with Crippen LogP contribution in [0.4, 0.5) is 14.7 Å². The van der Waals surface area contributed by atoms with Gasteiger partial charge in [-0.25, -0.2) is 18.7 Å². The first-order valence-corrected chi connectivity index (χ1v) is 10.4. The number of para-hydroxylation sites is 1. The molecule has 0 aliphatic carbocycles. The summed E-state index contributed by atoms with van der Waals surface area (Å²) in [6, 6.07) is 11.8. The van der Waals surface area contributed by atoms with Crippen molar-refractivity contribution in [3.05, 3.63) is 72.1 Å². The Labute approximate surface area is 185 Å². The van der Waals surface area contributed by atoms with Gasteiger partial charge in [-0.05, 0) is 42.7 Å².